The summed E-state index contributed by atoms with van der Waals surface area (Å²) in [6.07, 6.45) is 0.254. The maximum Gasteiger partial charge on any atom is 0.337 e. The van der Waals surface area contributed by atoms with E-state index in [0.29, 0.717) is 16.9 Å². The lowest BCUT2D eigenvalue weighted by molar-refractivity contribution is 0.0691. The second-order valence-electron chi connectivity index (χ2n) is 6.99. The Morgan fingerprint density at radius 1 is 1.00 bits per heavy atom. The van der Waals surface area contributed by atoms with E-state index in [9.17, 15) is 18.3 Å². The SMILES string of the molecule is COc1ccc(S(=O)(=O)c2c(C)c(N)c(C)c(Cc3ccccc3)c2C(=O)O)cc1. The van der Waals surface area contributed by atoms with Gasteiger partial charge in [0.15, 0.2) is 0 Å². The fourth-order valence-corrected chi connectivity index (χ4v) is 5.26. The van der Waals surface area contributed by atoms with Gasteiger partial charge in [-0.1, -0.05) is 30.3 Å². The molecule has 3 rings (SSSR count). The van der Waals surface area contributed by atoms with Crippen molar-refractivity contribution in [1.82, 2.24) is 0 Å². The van der Waals surface area contributed by atoms with Crippen LogP contribution in [0.2, 0.25) is 0 Å². The van der Waals surface area contributed by atoms with Crippen LogP contribution in [0.15, 0.2) is 64.4 Å². The van der Waals surface area contributed by atoms with Gasteiger partial charge in [0.1, 0.15) is 5.75 Å². The van der Waals surface area contributed by atoms with Crippen LogP contribution in [0, 0.1) is 13.8 Å². The molecule has 0 heterocycles. The van der Waals surface area contributed by atoms with Crippen molar-refractivity contribution in [1.29, 1.82) is 0 Å². The van der Waals surface area contributed by atoms with Crippen molar-refractivity contribution < 1.29 is 23.1 Å². The normalized spacial score (nSPS) is 11.3. The van der Waals surface area contributed by atoms with E-state index in [2.05, 4.69) is 0 Å². The van der Waals surface area contributed by atoms with E-state index in [0.717, 1.165) is 5.56 Å². The third-order valence-corrected chi connectivity index (χ3v) is 7.15. The molecule has 3 aromatic carbocycles. The molecule has 6 nitrogen and oxygen atoms in total. The number of rotatable bonds is 6. The molecular formula is C23H23NO5S. The second kappa shape index (κ2) is 8.20. The van der Waals surface area contributed by atoms with Gasteiger partial charge in [-0.25, -0.2) is 13.2 Å². The van der Waals surface area contributed by atoms with E-state index in [1.165, 1.54) is 38.3 Å². The second-order valence-corrected chi connectivity index (χ2v) is 8.88. The summed E-state index contributed by atoms with van der Waals surface area (Å²) in [6.45, 7) is 3.26. The summed E-state index contributed by atoms with van der Waals surface area (Å²) in [7, 11) is -2.66. The van der Waals surface area contributed by atoms with Crippen molar-refractivity contribution in [3.8, 4) is 5.75 Å². The van der Waals surface area contributed by atoms with Crippen LogP contribution in [0.4, 0.5) is 5.69 Å². The minimum Gasteiger partial charge on any atom is -0.497 e. The minimum absolute atomic E-state index is 0.0252. The van der Waals surface area contributed by atoms with Crippen LogP contribution in [0.3, 0.4) is 0 Å². The average molecular weight is 426 g/mol. The number of carbonyl (C=O) groups is 1. The van der Waals surface area contributed by atoms with E-state index in [1.54, 1.807) is 6.92 Å². The highest BCUT2D eigenvalue weighted by Crippen LogP contribution is 2.37. The fraction of sp³-hybridized carbons (Fsp3) is 0.174. The lowest BCUT2D eigenvalue weighted by atomic mass is 9.92. The van der Waals surface area contributed by atoms with Crippen LogP contribution in [0.1, 0.15) is 32.6 Å². The molecular weight excluding hydrogens is 402 g/mol. The molecule has 0 atom stereocenters. The van der Waals surface area contributed by atoms with Crippen LogP contribution in [-0.2, 0) is 16.3 Å². The predicted octanol–water partition coefficient (Wildman–Crippen LogP) is 4.02. The van der Waals surface area contributed by atoms with Gasteiger partial charge in [-0.3, -0.25) is 0 Å². The third-order valence-electron chi connectivity index (χ3n) is 5.21. The smallest absolute Gasteiger partial charge is 0.337 e. The zero-order chi connectivity index (χ0) is 22.1. The van der Waals surface area contributed by atoms with Gasteiger partial charge < -0.3 is 15.6 Å². The van der Waals surface area contributed by atoms with Gasteiger partial charge in [0.25, 0.3) is 0 Å². The zero-order valence-electron chi connectivity index (χ0n) is 17.0. The third kappa shape index (κ3) is 3.76. The number of nitrogen functional groups attached to an aromatic ring is 1. The standard InChI is InChI=1S/C23H23NO5S/c1-14-19(13-16-7-5-4-6-8-16)20(23(25)26)22(15(2)21(14)24)30(27,28)18-11-9-17(29-3)10-12-18/h4-12H,13,24H2,1-3H3,(H,25,26). The van der Waals surface area contributed by atoms with Crippen molar-refractivity contribution in [3.05, 3.63) is 82.4 Å². The van der Waals surface area contributed by atoms with Gasteiger partial charge >= 0.3 is 5.97 Å². The molecule has 0 unspecified atom stereocenters. The predicted molar refractivity (Wildman–Crippen MR) is 115 cm³/mol. The summed E-state index contributed by atoms with van der Waals surface area (Å²) >= 11 is 0. The van der Waals surface area contributed by atoms with Gasteiger partial charge in [-0.2, -0.15) is 0 Å². The Morgan fingerprint density at radius 2 is 1.60 bits per heavy atom. The van der Waals surface area contributed by atoms with Crippen molar-refractivity contribution >= 4 is 21.5 Å². The van der Waals surface area contributed by atoms with Gasteiger partial charge in [0, 0.05) is 5.69 Å². The first-order valence-corrected chi connectivity index (χ1v) is 10.7. The summed E-state index contributed by atoms with van der Waals surface area (Å²) in [6, 6.07) is 15.1. The fourth-order valence-electron chi connectivity index (χ4n) is 3.53. The van der Waals surface area contributed by atoms with Crippen molar-refractivity contribution in [2.24, 2.45) is 0 Å². The largest absolute Gasteiger partial charge is 0.497 e. The van der Waals surface area contributed by atoms with Crippen molar-refractivity contribution in [3.63, 3.8) is 0 Å². The number of aromatic carboxylic acids is 1. The first-order valence-electron chi connectivity index (χ1n) is 9.26. The minimum atomic E-state index is -4.14. The molecule has 0 saturated carbocycles. The molecule has 0 amide bonds. The summed E-state index contributed by atoms with van der Waals surface area (Å²) < 4.78 is 32.1. The number of methoxy groups -OCH3 is 1. The number of benzene rings is 3. The summed E-state index contributed by atoms with van der Waals surface area (Å²) in [4.78, 5) is 12.0. The van der Waals surface area contributed by atoms with E-state index in [1.807, 2.05) is 30.3 Å². The monoisotopic (exact) mass is 425 g/mol. The maximum atomic E-state index is 13.5. The summed E-state index contributed by atoms with van der Waals surface area (Å²) in [5.41, 5.74) is 8.35. The molecule has 0 aliphatic carbocycles. The van der Waals surface area contributed by atoms with Crippen molar-refractivity contribution in [2.45, 2.75) is 30.1 Å². The van der Waals surface area contributed by atoms with E-state index < -0.39 is 15.8 Å². The van der Waals surface area contributed by atoms with Crippen molar-refractivity contribution in [2.75, 3.05) is 12.8 Å². The number of nitrogens with two attached hydrogens (primary N) is 1. The Kier molecular flexibility index (Phi) is 5.85. The molecule has 0 aliphatic heterocycles. The maximum absolute atomic E-state index is 13.5. The van der Waals surface area contributed by atoms with Gasteiger partial charge in [-0.15, -0.1) is 0 Å². The van der Waals surface area contributed by atoms with Crippen LogP contribution >= 0.6 is 0 Å². The van der Waals surface area contributed by atoms with Crippen LogP contribution in [0.25, 0.3) is 0 Å². The van der Waals surface area contributed by atoms with Gasteiger partial charge in [0.2, 0.25) is 9.84 Å². The Morgan fingerprint density at radius 3 is 2.13 bits per heavy atom. The quantitative estimate of drug-likeness (QED) is 0.578. The van der Waals surface area contributed by atoms with E-state index in [-0.39, 0.29) is 33.0 Å². The lowest BCUT2D eigenvalue weighted by Gasteiger charge is -2.20. The topological polar surface area (TPSA) is 107 Å². The highest BCUT2D eigenvalue weighted by Gasteiger charge is 2.32. The molecule has 0 aromatic heterocycles. The number of anilines is 1. The Labute approximate surface area is 175 Å². The molecule has 0 bridgehead atoms. The molecule has 30 heavy (non-hydrogen) atoms. The molecule has 0 aliphatic rings. The van der Waals surface area contributed by atoms with Gasteiger partial charge in [-0.05, 0) is 66.8 Å². The lowest BCUT2D eigenvalue weighted by Crippen LogP contribution is -2.18. The van der Waals surface area contributed by atoms with Crippen LogP contribution in [-0.4, -0.2) is 26.6 Å². The number of sulfone groups is 1. The number of hydrogen-bond donors (Lipinski definition) is 2. The number of ether oxygens (including phenoxy) is 1. The van der Waals surface area contributed by atoms with Crippen LogP contribution < -0.4 is 10.5 Å². The average Bonchev–Trinajstić information content (AvgIpc) is 2.74. The molecule has 3 N–H and O–H groups in total. The summed E-state index contributed by atoms with van der Waals surface area (Å²) in [5.74, 6) is -0.809. The molecule has 0 saturated heterocycles. The zero-order valence-corrected chi connectivity index (χ0v) is 17.8. The number of carboxylic acids is 1. The molecule has 7 heteroatoms. The first-order chi connectivity index (χ1) is 14.2. The molecule has 0 radical (unpaired) electrons. The highest BCUT2D eigenvalue weighted by atomic mass is 32.2. The Bertz CT molecular complexity index is 1200. The molecule has 3 aromatic rings. The van der Waals surface area contributed by atoms with E-state index in [4.69, 9.17) is 10.5 Å². The summed E-state index contributed by atoms with van der Waals surface area (Å²) in [5, 5.41) is 10.0. The molecule has 0 spiro atoms. The number of carboxylic acid groups (broad SMARTS) is 1. The van der Waals surface area contributed by atoms with E-state index >= 15 is 0 Å². The van der Waals surface area contributed by atoms with Gasteiger partial charge in [0.05, 0.1) is 22.5 Å². The Balaban J connectivity index is 2.31. The first kappa shape index (κ1) is 21.4. The highest BCUT2D eigenvalue weighted by molar-refractivity contribution is 7.91. The number of hydrogen-bond acceptors (Lipinski definition) is 5. The molecule has 0 fully saturated rings. The molecule has 156 valence electrons. The van der Waals surface area contributed by atoms with Crippen LogP contribution in [0.5, 0.6) is 5.75 Å². The Hall–Kier alpha value is -3.32.